The van der Waals surface area contributed by atoms with Crippen molar-refractivity contribution in [2.24, 2.45) is 17.1 Å². The van der Waals surface area contributed by atoms with E-state index in [1.54, 1.807) is 0 Å². The van der Waals surface area contributed by atoms with Crippen LogP contribution < -0.4 is 11.1 Å². The average Bonchev–Trinajstić information content (AvgIpc) is 2.34. The second kappa shape index (κ2) is 5.33. The van der Waals surface area contributed by atoms with Gasteiger partial charge in [-0.15, -0.1) is 0 Å². The summed E-state index contributed by atoms with van der Waals surface area (Å²) in [5.74, 6) is 1.15. The first-order chi connectivity index (χ1) is 8.97. The molecule has 0 aromatic heterocycles. The van der Waals surface area contributed by atoms with E-state index >= 15 is 0 Å². The third-order valence-corrected chi connectivity index (χ3v) is 4.16. The highest BCUT2D eigenvalue weighted by atomic mass is 16.2. The predicted octanol–water partition coefficient (Wildman–Crippen LogP) is 3.12. The minimum atomic E-state index is -0.340. The number of anilines is 1. The SMILES string of the molecule is CC1CC(CN)(C(=O)Nc2cccc(C(C)C)c2)C1. The zero-order valence-electron chi connectivity index (χ0n) is 12.1. The number of hydrogen-bond acceptors (Lipinski definition) is 2. The molecule has 1 saturated carbocycles. The van der Waals surface area contributed by atoms with Gasteiger partial charge in [0.05, 0.1) is 5.41 Å². The number of nitrogens with two attached hydrogens (primary N) is 1. The first-order valence-electron chi connectivity index (χ1n) is 7.08. The van der Waals surface area contributed by atoms with Crippen LogP contribution in [0.4, 0.5) is 5.69 Å². The first-order valence-corrected chi connectivity index (χ1v) is 7.08. The Kier molecular flexibility index (Phi) is 3.95. The summed E-state index contributed by atoms with van der Waals surface area (Å²) < 4.78 is 0. The van der Waals surface area contributed by atoms with Gasteiger partial charge in [-0.1, -0.05) is 32.9 Å². The number of amides is 1. The Morgan fingerprint density at radius 3 is 2.68 bits per heavy atom. The second-order valence-corrected chi connectivity index (χ2v) is 6.23. The van der Waals surface area contributed by atoms with Crippen LogP contribution in [0.3, 0.4) is 0 Å². The van der Waals surface area contributed by atoms with E-state index in [0.717, 1.165) is 18.5 Å². The van der Waals surface area contributed by atoms with Crippen LogP contribution in [-0.2, 0) is 4.79 Å². The zero-order valence-corrected chi connectivity index (χ0v) is 12.1. The van der Waals surface area contributed by atoms with Crippen LogP contribution in [0.25, 0.3) is 0 Å². The van der Waals surface area contributed by atoms with Crippen molar-refractivity contribution >= 4 is 11.6 Å². The van der Waals surface area contributed by atoms with Crippen LogP contribution in [0.1, 0.15) is 45.1 Å². The van der Waals surface area contributed by atoms with Gasteiger partial charge in [0.25, 0.3) is 0 Å². The molecule has 0 bridgehead atoms. The predicted molar refractivity (Wildman–Crippen MR) is 79.0 cm³/mol. The molecule has 0 aliphatic heterocycles. The molecule has 3 heteroatoms. The number of rotatable bonds is 4. The minimum absolute atomic E-state index is 0.0778. The summed E-state index contributed by atoms with van der Waals surface area (Å²) in [4.78, 5) is 12.4. The van der Waals surface area contributed by atoms with E-state index < -0.39 is 0 Å². The van der Waals surface area contributed by atoms with Gasteiger partial charge in [-0.2, -0.15) is 0 Å². The molecule has 0 spiro atoms. The van der Waals surface area contributed by atoms with Crippen molar-refractivity contribution in [3.63, 3.8) is 0 Å². The normalized spacial score (nSPS) is 26.1. The second-order valence-electron chi connectivity index (χ2n) is 6.23. The van der Waals surface area contributed by atoms with Gasteiger partial charge in [0.2, 0.25) is 5.91 Å². The number of carbonyl (C=O) groups excluding carboxylic acids is 1. The van der Waals surface area contributed by atoms with E-state index in [-0.39, 0.29) is 11.3 Å². The van der Waals surface area contributed by atoms with Crippen molar-refractivity contribution in [2.45, 2.75) is 39.5 Å². The Morgan fingerprint density at radius 1 is 1.47 bits per heavy atom. The Labute approximate surface area is 115 Å². The maximum atomic E-state index is 12.4. The fraction of sp³-hybridized carbons (Fsp3) is 0.562. The van der Waals surface area contributed by atoms with Crippen LogP contribution in [0, 0.1) is 11.3 Å². The smallest absolute Gasteiger partial charge is 0.231 e. The topological polar surface area (TPSA) is 55.1 Å². The molecule has 19 heavy (non-hydrogen) atoms. The van der Waals surface area contributed by atoms with E-state index in [4.69, 9.17) is 5.73 Å². The largest absolute Gasteiger partial charge is 0.329 e. The zero-order chi connectivity index (χ0) is 14.0. The van der Waals surface area contributed by atoms with Crippen molar-refractivity contribution in [2.75, 3.05) is 11.9 Å². The number of benzene rings is 1. The third kappa shape index (κ3) is 2.81. The standard InChI is InChI=1S/C16H24N2O/c1-11(2)13-5-4-6-14(7-13)18-15(19)16(10-17)8-12(3)9-16/h4-7,11-12H,8-10,17H2,1-3H3,(H,18,19). The monoisotopic (exact) mass is 260 g/mol. The molecule has 0 heterocycles. The molecule has 1 amide bonds. The molecule has 1 aliphatic carbocycles. The fourth-order valence-electron chi connectivity index (χ4n) is 2.96. The summed E-state index contributed by atoms with van der Waals surface area (Å²) >= 11 is 0. The summed E-state index contributed by atoms with van der Waals surface area (Å²) in [6, 6.07) is 8.07. The molecule has 0 atom stereocenters. The lowest BCUT2D eigenvalue weighted by Gasteiger charge is -2.44. The average molecular weight is 260 g/mol. The molecular weight excluding hydrogens is 236 g/mol. The number of nitrogens with one attached hydrogen (secondary N) is 1. The molecule has 2 rings (SSSR count). The lowest BCUT2D eigenvalue weighted by molar-refractivity contribution is -0.132. The summed E-state index contributed by atoms with van der Waals surface area (Å²) in [6.45, 7) is 6.90. The molecule has 1 fully saturated rings. The van der Waals surface area contributed by atoms with Crippen molar-refractivity contribution in [3.8, 4) is 0 Å². The van der Waals surface area contributed by atoms with Gasteiger partial charge in [-0.05, 0) is 42.4 Å². The van der Waals surface area contributed by atoms with Gasteiger partial charge in [-0.25, -0.2) is 0 Å². The van der Waals surface area contributed by atoms with E-state index in [9.17, 15) is 4.79 Å². The van der Waals surface area contributed by atoms with Gasteiger partial charge in [0.1, 0.15) is 0 Å². The van der Waals surface area contributed by atoms with Crippen LogP contribution in [0.15, 0.2) is 24.3 Å². The Bertz CT molecular complexity index is 462. The van der Waals surface area contributed by atoms with Gasteiger partial charge >= 0.3 is 0 Å². The highest BCUT2D eigenvalue weighted by molar-refractivity contribution is 5.96. The minimum Gasteiger partial charge on any atom is -0.329 e. The molecule has 0 saturated heterocycles. The first kappa shape index (κ1) is 14.1. The van der Waals surface area contributed by atoms with Crippen molar-refractivity contribution in [1.82, 2.24) is 0 Å². The van der Waals surface area contributed by atoms with Gasteiger partial charge in [0, 0.05) is 12.2 Å². The van der Waals surface area contributed by atoms with Gasteiger partial charge < -0.3 is 11.1 Å². The van der Waals surface area contributed by atoms with Crippen LogP contribution in [0.2, 0.25) is 0 Å². The summed E-state index contributed by atoms with van der Waals surface area (Å²) in [5.41, 5.74) is 7.58. The lowest BCUT2D eigenvalue weighted by atomic mass is 9.62. The molecule has 0 unspecified atom stereocenters. The highest BCUT2D eigenvalue weighted by Gasteiger charge is 2.47. The van der Waals surface area contributed by atoms with Crippen LogP contribution >= 0.6 is 0 Å². The molecule has 1 aliphatic rings. The number of hydrogen-bond donors (Lipinski definition) is 2. The molecule has 1 aromatic carbocycles. The molecule has 104 valence electrons. The van der Waals surface area contributed by atoms with Crippen molar-refractivity contribution in [1.29, 1.82) is 0 Å². The Hall–Kier alpha value is -1.35. The van der Waals surface area contributed by atoms with Gasteiger partial charge in [0.15, 0.2) is 0 Å². The molecular formula is C16H24N2O. The summed E-state index contributed by atoms with van der Waals surface area (Å²) in [5, 5.41) is 3.03. The van der Waals surface area contributed by atoms with Crippen LogP contribution in [-0.4, -0.2) is 12.5 Å². The highest BCUT2D eigenvalue weighted by Crippen LogP contribution is 2.45. The number of carbonyl (C=O) groups is 1. The maximum Gasteiger partial charge on any atom is 0.231 e. The van der Waals surface area contributed by atoms with Gasteiger partial charge in [-0.3, -0.25) is 4.79 Å². The third-order valence-electron chi connectivity index (χ3n) is 4.16. The summed E-state index contributed by atoms with van der Waals surface area (Å²) in [6.07, 6.45) is 1.80. The van der Waals surface area contributed by atoms with Crippen molar-refractivity contribution < 1.29 is 4.79 Å². The van der Waals surface area contributed by atoms with Crippen molar-refractivity contribution in [3.05, 3.63) is 29.8 Å². The molecule has 3 nitrogen and oxygen atoms in total. The van der Waals surface area contributed by atoms with E-state index in [1.807, 2.05) is 12.1 Å². The lowest BCUT2D eigenvalue weighted by Crippen LogP contribution is -2.51. The maximum absolute atomic E-state index is 12.4. The van der Waals surface area contributed by atoms with Crippen LogP contribution in [0.5, 0.6) is 0 Å². The Balaban J connectivity index is 2.08. The Morgan fingerprint density at radius 2 is 2.16 bits per heavy atom. The molecule has 3 N–H and O–H groups in total. The molecule has 0 radical (unpaired) electrons. The van der Waals surface area contributed by atoms with E-state index in [0.29, 0.717) is 18.4 Å². The quantitative estimate of drug-likeness (QED) is 0.874. The van der Waals surface area contributed by atoms with E-state index in [1.165, 1.54) is 5.56 Å². The van der Waals surface area contributed by atoms with E-state index in [2.05, 4.69) is 38.2 Å². The fourth-order valence-corrected chi connectivity index (χ4v) is 2.96. The summed E-state index contributed by atoms with van der Waals surface area (Å²) in [7, 11) is 0. The molecule has 1 aromatic rings.